The Morgan fingerprint density at radius 2 is 1.56 bits per heavy atom. The minimum absolute atomic E-state index is 1.12. The summed E-state index contributed by atoms with van der Waals surface area (Å²) >= 11 is 0. The first-order chi connectivity index (χ1) is 4.42. The molecule has 2 atom stereocenters. The van der Waals surface area contributed by atoms with E-state index in [9.17, 15) is 0 Å². The highest BCUT2D eigenvalue weighted by molar-refractivity contribution is 5.15. The van der Waals surface area contributed by atoms with Crippen molar-refractivity contribution in [2.24, 2.45) is 17.8 Å². The van der Waals surface area contributed by atoms with E-state index in [1.54, 1.807) is 19.3 Å². The molecule has 4 aliphatic carbocycles. The van der Waals surface area contributed by atoms with E-state index >= 15 is 0 Å². The van der Waals surface area contributed by atoms with E-state index in [1.807, 2.05) is 5.92 Å². The Hall–Kier alpha value is 0. The van der Waals surface area contributed by atoms with Crippen LogP contribution < -0.4 is 0 Å². The predicted molar refractivity (Wildman–Crippen MR) is 36.8 cm³/mol. The molecule has 0 aliphatic heterocycles. The molecule has 0 amide bonds. The zero-order valence-electron chi connectivity index (χ0n) is 5.77. The Morgan fingerprint density at radius 3 is 2.00 bits per heavy atom. The van der Waals surface area contributed by atoms with Gasteiger partial charge in [-0.2, -0.15) is 0 Å². The second kappa shape index (κ2) is 1.36. The Bertz CT molecular complexity index is 105. The van der Waals surface area contributed by atoms with Crippen LogP contribution in [-0.4, -0.2) is 0 Å². The lowest BCUT2D eigenvalue weighted by Crippen LogP contribution is -2.11. The summed E-state index contributed by atoms with van der Waals surface area (Å²) in [6.07, 6.45) is 7.79. The van der Waals surface area contributed by atoms with Crippen LogP contribution in [0.1, 0.15) is 32.1 Å². The van der Waals surface area contributed by atoms with Gasteiger partial charge in [0.25, 0.3) is 0 Å². The summed E-state index contributed by atoms with van der Waals surface area (Å²) in [6, 6.07) is 0. The predicted octanol–water partition coefficient (Wildman–Crippen LogP) is 2.40. The van der Waals surface area contributed by atoms with Crippen LogP contribution in [0.2, 0.25) is 0 Å². The molecule has 2 unspecified atom stereocenters. The Morgan fingerprint density at radius 1 is 0.889 bits per heavy atom. The van der Waals surface area contributed by atoms with Crippen molar-refractivity contribution in [1.29, 1.82) is 0 Å². The molecule has 0 N–H and O–H groups in total. The SMILES string of the molecule is C1[C]2CC3CC1CC2C3. The van der Waals surface area contributed by atoms with E-state index in [1.165, 1.54) is 12.8 Å². The maximum atomic E-state index is 1.95. The molecule has 0 heterocycles. The Labute approximate surface area is 56.6 Å². The third kappa shape index (κ3) is 0.500. The van der Waals surface area contributed by atoms with E-state index in [4.69, 9.17) is 0 Å². The van der Waals surface area contributed by atoms with Gasteiger partial charge in [0.05, 0.1) is 0 Å². The average Bonchev–Trinajstić information content (AvgIpc) is 2.20. The molecule has 0 heteroatoms. The zero-order chi connectivity index (χ0) is 5.84. The molecule has 4 fully saturated rings. The van der Waals surface area contributed by atoms with Gasteiger partial charge < -0.3 is 0 Å². The highest BCUT2D eigenvalue weighted by atomic mass is 14.5. The van der Waals surface area contributed by atoms with Gasteiger partial charge in [0.1, 0.15) is 0 Å². The molecular weight excluding hydrogens is 108 g/mol. The molecule has 0 nitrogen and oxygen atoms in total. The molecule has 0 aromatic heterocycles. The third-order valence-electron chi connectivity index (χ3n) is 3.58. The van der Waals surface area contributed by atoms with Gasteiger partial charge in [0.2, 0.25) is 0 Å². The molecule has 1 radical (unpaired) electrons. The normalized spacial score (nSPS) is 55.3. The second-order valence-corrected chi connectivity index (χ2v) is 4.20. The summed E-state index contributed by atoms with van der Waals surface area (Å²) in [7, 11) is 0. The van der Waals surface area contributed by atoms with Crippen molar-refractivity contribution in [3.05, 3.63) is 5.92 Å². The van der Waals surface area contributed by atoms with Gasteiger partial charge in [-0.15, -0.1) is 0 Å². The number of rotatable bonds is 0. The van der Waals surface area contributed by atoms with E-state index in [0.717, 1.165) is 17.8 Å². The van der Waals surface area contributed by atoms with Crippen LogP contribution in [0.25, 0.3) is 0 Å². The van der Waals surface area contributed by atoms with Crippen LogP contribution in [0.3, 0.4) is 0 Å². The van der Waals surface area contributed by atoms with Gasteiger partial charge in [0.15, 0.2) is 0 Å². The first-order valence-electron chi connectivity index (χ1n) is 4.26. The molecule has 0 spiro atoms. The van der Waals surface area contributed by atoms with Gasteiger partial charge in [-0.05, 0) is 55.8 Å². The topological polar surface area (TPSA) is 0 Å². The first kappa shape index (κ1) is 4.76. The van der Waals surface area contributed by atoms with Crippen LogP contribution in [-0.2, 0) is 0 Å². The monoisotopic (exact) mass is 121 g/mol. The average molecular weight is 121 g/mol. The fourth-order valence-corrected chi connectivity index (χ4v) is 3.39. The molecular formula is C9H13. The van der Waals surface area contributed by atoms with Crippen LogP contribution in [0.4, 0.5) is 0 Å². The standard InChI is InChI=1S/C9H13/c1-6-2-8-4-7(1)5-9(8)3-6/h6-8H,1-5H2. The van der Waals surface area contributed by atoms with Crippen molar-refractivity contribution in [2.45, 2.75) is 32.1 Å². The summed E-state index contributed by atoms with van der Waals surface area (Å²) in [6.45, 7) is 0. The molecule has 49 valence electrons. The quantitative estimate of drug-likeness (QED) is 0.461. The van der Waals surface area contributed by atoms with Crippen molar-refractivity contribution >= 4 is 0 Å². The zero-order valence-corrected chi connectivity index (χ0v) is 5.77. The van der Waals surface area contributed by atoms with E-state index < -0.39 is 0 Å². The molecule has 0 saturated heterocycles. The van der Waals surface area contributed by atoms with E-state index in [2.05, 4.69) is 0 Å². The summed E-state index contributed by atoms with van der Waals surface area (Å²) in [5.74, 6) is 5.38. The smallest absolute Gasteiger partial charge is 0.0204 e. The lowest BCUT2D eigenvalue weighted by Gasteiger charge is -2.23. The Kier molecular flexibility index (Phi) is 0.717. The van der Waals surface area contributed by atoms with E-state index in [0.29, 0.717) is 0 Å². The van der Waals surface area contributed by atoms with E-state index in [-0.39, 0.29) is 0 Å². The van der Waals surface area contributed by atoms with Crippen molar-refractivity contribution in [3.63, 3.8) is 0 Å². The molecule has 4 bridgehead atoms. The number of hydrogen-bond donors (Lipinski definition) is 0. The molecule has 4 saturated carbocycles. The largest absolute Gasteiger partial charge is 0.0475 e. The van der Waals surface area contributed by atoms with Crippen molar-refractivity contribution in [3.8, 4) is 0 Å². The van der Waals surface area contributed by atoms with Crippen molar-refractivity contribution < 1.29 is 0 Å². The van der Waals surface area contributed by atoms with Crippen LogP contribution >= 0.6 is 0 Å². The lowest BCUT2D eigenvalue weighted by atomic mass is 9.82. The van der Waals surface area contributed by atoms with Crippen LogP contribution in [0, 0.1) is 23.7 Å². The summed E-state index contributed by atoms with van der Waals surface area (Å²) in [5.41, 5.74) is 0. The third-order valence-corrected chi connectivity index (χ3v) is 3.58. The summed E-state index contributed by atoms with van der Waals surface area (Å²) < 4.78 is 0. The highest BCUT2D eigenvalue weighted by Crippen LogP contribution is 2.59. The van der Waals surface area contributed by atoms with Gasteiger partial charge in [-0.25, -0.2) is 0 Å². The van der Waals surface area contributed by atoms with Crippen molar-refractivity contribution in [1.82, 2.24) is 0 Å². The minimum Gasteiger partial charge on any atom is -0.0475 e. The lowest BCUT2D eigenvalue weighted by molar-refractivity contribution is 0.289. The first-order valence-corrected chi connectivity index (χ1v) is 4.26. The van der Waals surface area contributed by atoms with Gasteiger partial charge in [-0.3, -0.25) is 0 Å². The number of hydrogen-bond acceptors (Lipinski definition) is 0. The van der Waals surface area contributed by atoms with Crippen LogP contribution in [0.15, 0.2) is 0 Å². The molecule has 4 aliphatic rings. The second-order valence-electron chi connectivity index (χ2n) is 4.20. The molecule has 0 aromatic carbocycles. The maximum Gasteiger partial charge on any atom is -0.0204 e. The van der Waals surface area contributed by atoms with Gasteiger partial charge in [-0.1, -0.05) is 0 Å². The maximum absolute atomic E-state index is 1.95. The highest BCUT2D eigenvalue weighted by Gasteiger charge is 2.47. The molecule has 0 aromatic rings. The van der Waals surface area contributed by atoms with Gasteiger partial charge >= 0.3 is 0 Å². The van der Waals surface area contributed by atoms with Gasteiger partial charge in [0, 0.05) is 0 Å². The summed E-state index contributed by atoms with van der Waals surface area (Å²) in [5, 5.41) is 0. The molecule has 4 rings (SSSR count). The minimum atomic E-state index is 1.12. The Balaban J connectivity index is 2.00. The molecule has 9 heavy (non-hydrogen) atoms. The van der Waals surface area contributed by atoms with Crippen molar-refractivity contribution in [2.75, 3.05) is 0 Å². The fourth-order valence-electron chi connectivity index (χ4n) is 3.39. The fraction of sp³-hybridized carbons (Fsp3) is 0.889. The van der Waals surface area contributed by atoms with Crippen LogP contribution in [0.5, 0.6) is 0 Å². The summed E-state index contributed by atoms with van der Waals surface area (Å²) in [4.78, 5) is 0.